The van der Waals surface area contributed by atoms with Gasteiger partial charge in [0, 0.05) is 26.2 Å². The highest BCUT2D eigenvalue weighted by Gasteiger charge is 2.55. The second kappa shape index (κ2) is 14.6. The molecule has 0 radical (unpaired) electrons. The van der Waals surface area contributed by atoms with Crippen molar-refractivity contribution in [3.8, 4) is 11.5 Å². The van der Waals surface area contributed by atoms with Crippen molar-refractivity contribution in [3.05, 3.63) is 59.7 Å². The molecule has 3 fully saturated rings. The number of carboxylic acids is 1. The summed E-state index contributed by atoms with van der Waals surface area (Å²) in [7, 11) is 0. The van der Waals surface area contributed by atoms with E-state index in [1.165, 1.54) is 18.6 Å². The number of carbonyl (C=O) groups is 3. The van der Waals surface area contributed by atoms with E-state index in [-0.39, 0.29) is 35.7 Å². The molecule has 3 aliphatic rings. The molecule has 0 unspecified atom stereocenters. The van der Waals surface area contributed by atoms with Crippen molar-refractivity contribution in [1.29, 1.82) is 0 Å². The summed E-state index contributed by atoms with van der Waals surface area (Å²) in [6.45, 7) is 4.72. The van der Waals surface area contributed by atoms with E-state index in [0.29, 0.717) is 44.0 Å². The number of unbranched alkanes of at least 4 members (excludes halogenated alkanes) is 1. The van der Waals surface area contributed by atoms with Gasteiger partial charge in [0.15, 0.2) is 0 Å². The van der Waals surface area contributed by atoms with Gasteiger partial charge in [-0.15, -0.1) is 12.4 Å². The van der Waals surface area contributed by atoms with Crippen molar-refractivity contribution >= 4 is 30.2 Å². The maximum absolute atomic E-state index is 13.8. The molecule has 234 valence electrons. The zero-order chi connectivity index (χ0) is 29.7. The number of carboxylic acid groups (broad SMARTS) is 1. The van der Waals surface area contributed by atoms with E-state index in [1.54, 1.807) is 12.1 Å². The molecule has 1 spiro atoms. The lowest BCUT2D eigenvalue weighted by Crippen LogP contribution is -2.75. The summed E-state index contributed by atoms with van der Waals surface area (Å²) in [6, 6.07) is 13.2. The molecule has 0 aromatic heterocycles. The summed E-state index contributed by atoms with van der Waals surface area (Å²) < 4.78 is 5.86. The Kier molecular flexibility index (Phi) is 11.1. The predicted molar refractivity (Wildman–Crippen MR) is 166 cm³/mol. The van der Waals surface area contributed by atoms with Gasteiger partial charge in [-0.05, 0) is 80.0 Å². The summed E-state index contributed by atoms with van der Waals surface area (Å²) in [4.78, 5) is 42.7. The van der Waals surface area contributed by atoms with Crippen LogP contribution in [0, 0.1) is 5.92 Å². The van der Waals surface area contributed by atoms with Gasteiger partial charge in [0.05, 0.1) is 11.7 Å². The van der Waals surface area contributed by atoms with E-state index in [1.807, 2.05) is 29.2 Å². The summed E-state index contributed by atoms with van der Waals surface area (Å²) in [6.07, 6.45) is 7.15. The zero-order valence-corrected chi connectivity index (χ0v) is 25.7. The third-order valence-electron chi connectivity index (χ3n) is 9.32. The Morgan fingerprint density at radius 1 is 1.00 bits per heavy atom. The van der Waals surface area contributed by atoms with Gasteiger partial charge >= 0.3 is 5.97 Å². The van der Waals surface area contributed by atoms with Crippen LogP contribution in [0.25, 0.3) is 0 Å². The topological polar surface area (TPSA) is 119 Å². The normalized spacial score (nSPS) is 21.6. The van der Waals surface area contributed by atoms with Gasteiger partial charge in [0.25, 0.3) is 0 Å². The van der Waals surface area contributed by atoms with E-state index in [0.717, 1.165) is 50.6 Å². The predicted octanol–water partition coefficient (Wildman–Crippen LogP) is 5.00. The van der Waals surface area contributed by atoms with Crippen LogP contribution in [0.1, 0.15) is 80.6 Å². The quantitative estimate of drug-likeness (QED) is 0.345. The van der Waals surface area contributed by atoms with Crippen LogP contribution in [0.3, 0.4) is 0 Å². The van der Waals surface area contributed by atoms with Gasteiger partial charge in [-0.2, -0.15) is 0 Å². The van der Waals surface area contributed by atoms with Crippen LogP contribution >= 0.6 is 12.4 Å². The molecule has 2 aromatic rings. The Morgan fingerprint density at radius 2 is 1.60 bits per heavy atom. The molecule has 2 saturated heterocycles. The molecule has 2 aliphatic heterocycles. The number of hydrogen-bond donors (Lipinski definition) is 3. The van der Waals surface area contributed by atoms with Gasteiger partial charge in [-0.1, -0.05) is 44.7 Å². The highest BCUT2D eigenvalue weighted by Crippen LogP contribution is 2.36. The maximum atomic E-state index is 13.8. The lowest BCUT2D eigenvalue weighted by atomic mass is 9.78. The number of carbonyl (C=O) groups excluding carboxylic acids is 2. The number of amides is 2. The van der Waals surface area contributed by atoms with Crippen molar-refractivity contribution in [3.63, 3.8) is 0 Å². The van der Waals surface area contributed by atoms with Gasteiger partial charge in [0.1, 0.15) is 23.1 Å². The van der Waals surface area contributed by atoms with E-state index < -0.39 is 23.7 Å². The molecule has 10 heteroatoms. The molecule has 2 aromatic carbocycles. The van der Waals surface area contributed by atoms with Gasteiger partial charge in [-0.3, -0.25) is 14.5 Å². The Balaban J connectivity index is 0.00000423. The summed E-state index contributed by atoms with van der Waals surface area (Å²) >= 11 is 0. The fraction of sp³-hybridized carbons (Fsp3) is 0.545. The highest BCUT2D eigenvalue weighted by atomic mass is 35.5. The molecule has 9 nitrogen and oxygen atoms in total. The third kappa shape index (κ3) is 7.33. The number of nitrogens with zero attached hydrogens (tertiary/aromatic N) is 2. The summed E-state index contributed by atoms with van der Waals surface area (Å²) in [5, 5.41) is 23.2. The zero-order valence-electron chi connectivity index (χ0n) is 24.9. The first-order chi connectivity index (χ1) is 20.3. The average molecular weight is 614 g/mol. The van der Waals surface area contributed by atoms with Gasteiger partial charge in [-0.25, -0.2) is 4.79 Å². The largest absolute Gasteiger partial charge is 0.478 e. The number of nitrogens with one attached hydrogen (secondary N) is 1. The molecule has 1 aliphatic carbocycles. The lowest BCUT2D eigenvalue weighted by molar-refractivity contribution is -0.166. The van der Waals surface area contributed by atoms with Crippen LogP contribution in [0.5, 0.6) is 11.5 Å². The number of benzene rings is 2. The van der Waals surface area contributed by atoms with E-state index in [9.17, 15) is 19.5 Å². The number of piperidine rings is 1. The molecule has 3 N–H and O–H groups in total. The molecular formula is C33H44ClN3O6. The van der Waals surface area contributed by atoms with Crippen molar-refractivity contribution < 1.29 is 29.3 Å². The molecule has 0 bridgehead atoms. The van der Waals surface area contributed by atoms with Crippen molar-refractivity contribution in [2.24, 2.45) is 5.92 Å². The van der Waals surface area contributed by atoms with Crippen LogP contribution in [-0.4, -0.2) is 75.1 Å². The minimum absolute atomic E-state index is 0. The third-order valence-corrected chi connectivity index (χ3v) is 9.32. The number of aliphatic hydroxyl groups is 1. The number of hydrogen-bond acceptors (Lipinski definition) is 6. The standard InChI is InChI=1S/C33H43N3O6.ClH/c1-2-3-19-36-30(38)28(29(37)24-7-5-4-6-8-24)34-32(41)33(36)17-20-35(21-18-33)22-23-9-13-26(14-10-23)42-27-15-11-25(12-16-27)31(39)40;/h9-16,24,28-29,37H,2-8,17-22H2,1H3,(H,34,41)(H,39,40);1H/t28-,29-;/m1./s1. The minimum atomic E-state index is -0.975. The Hall–Kier alpha value is -3.14. The average Bonchev–Trinajstić information content (AvgIpc) is 3.01. The Bertz CT molecular complexity index is 1240. The summed E-state index contributed by atoms with van der Waals surface area (Å²) in [5.41, 5.74) is 0.461. The molecule has 1 saturated carbocycles. The molecule has 2 amide bonds. The number of aromatic carboxylic acids is 1. The number of rotatable bonds is 10. The fourth-order valence-electron chi connectivity index (χ4n) is 6.76. The van der Waals surface area contributed by atoms with Crippen LogP contribution in [0.4, 0.5) is 0 Å². The van der Waals surface area contributed by atoms with Crippen LogP contribution < -0.4 is 10.1 Å². The Labute approximate surface area is 260 Å². The fourth-order valence-corrected chi connectivity index (χ4v) is 6.76. The van der Waals surface area contributed by atoms with E-state index in [4.69, 9.17) is 9.84 Å². The summed E-state index contributed by atoms with van der Waals surface area (Å²) in [5.74, 6) is 0.0741. The van der Waals surface area contributed by atoms with Crippen LogP contribution in [0.2, 0.25) is 0 Å². The van der Waals surface area contributed by atoms with E-state index >= 15 is 0 Å². The first-order valence-corrected chi connectivity index (χ1v) is 15.4. The monoisotopic (exact) mass is 613 g/mol. The Morgan fingerprint density at radius 3 is 2.19 bits per heavy atom. The van der Waals surface area contributed by atoms with Gasteiger partial charge in [0.2, 0.25) is 11.8 Å². The van der Waals surface area contributed by atoms with Crippen molar-refractivity contribution in [1.82, 2.24) is 15.1 Å². The van der Waals surface area contributed by atoms with Crippen LogP contribution in [0.15, 0.2) is 48.5 Å². The SMILES string of the molecule is CCCCN1C(=O)[C@@H]([C@H](O)C2CCCCC2)NC(=O)C12CCN(Cc1ccc(Oc3ccc(C(=O)O)cc3)cc1)CC2.Cl. The minimum Gasteiger partial charge on any atom is -0.478 e. The number of aliphatic hydroxyl groups excluding tert-OH is 1. The lowest BCUT2D eigenvalue weighted by Gasteiger charge is -2.52. The number of ether oxygens (including phenoxy) is 1. The molecular weight excluding hydrogens is 570 g/mol. The van der Waals surface area contributed by atoms with Crippen molar-refractivity contribution in [2.75, 3.05) is 19.6 Å². The molecule has 2 atom stereocenters. The highest BCUT2D eigenvalue weighted by molar-refractivity contribution is 6.00. The maximum Gasteiger partial charge on any atom is 0.335 e. The molecule has 2 heterocycles. The molecule has 43 heavy (non-hydrogen) atoms. The number of halogens is 1. The number of piperazine rings is 1. The van der Waals surface area contributed by atoms with E-state index in [2.05, 4.69) is 17.1 Å². The van der Waals surface area contributed by atoms with Crippen LogP contribution in [-0.2, 0) is 16.1 Å². The number of likely N-dealkylation sites (tertiary alicyclic amines) is 1. The first-order valence-electron chi connectivity index (χ1n) is 15.4. The second-order valence-electron chi connectivity index (χ2n) is 12.1. The first kappa shape index (κ1) is 32.8. The van der Waals surface area contributed by atoms with Crippen molar-refractivity contribution in [2.45, 2.75) is 88.9 Å². The second-order valence-corrected chi connectivity index (χ2v) is 12.1. The smallest absolute Gasteiger partial charge is 0.335 e. The molecule has 5 rings (SSSR count). The van der Waals surface area contributed by atoms with Gasteiger partial charge < -0.3 is 25.2 Å².